The maximum Gasteiger partial charge on any atom is 0.105 e. The molecule has 0 aliphatic rings. The molecule has 2 aromatic rings. The Morgan fingerprint density at radius 1 is 1.15 bits per heavy atom. The van der Waals surface area contributed by atoms with Crippen molar-refractivity contribution in [1.29, 1.82) is 0 Å². The van der Waals surface area contributed by atoms with E-state index in [0.29, 0.717) is 0 Å². The maximum absolute atomic E-state index is 3.98. The molecule has 0 saturated carbocycles. The Labute approximate surface area is 77.9 Å². The van der Waals surface area contributed by atoms with Crippen LogP contribution in [0.15, 0.2) is 31.1 Å². The SMILES string of the molecule is Cc1nccn1C.Cn1ccnc1. The van der Waals surface area contributed by atoms with Crippen molar-refractivity contribution in [3.05, 3.63) is 36.9 Å². The van der Waals surface area contributed by atoms with Crippen molar-refractivity contribution in [1.82, 2.24) is 19.1 Å². The number of hydrogen-bond donors (Lipinski definition) is 0. The lowest BCUT2D eigenvalue weighted by Gasteiger charge is -1.87. The predicted molar refractivity (Wildman–Crippen MR) is 51.2 cm³/mol. The molecule has 0 fully saturated rings. The molecule has 4 nitrogen and oxygen atoms in total. The second-order valence-electron chi connectivity index (χ2n) is 2.81. The minimum absolute atomic E-state index is 1.06. The molecule has 0 spiro atoms. The predicted octanol–water partition coefficient (Wildman–Crippen LogP) is 1.15. The third kappa shape index (κ3) is 3.11. The zero-order valence-electron chi connectivity index (χ0n) is 8.18. The molecule has 0 bridgehead atoms. The monoisotopic (exact) mass is 178 g/mol. The van der Waals surface area contributed by atoms with Crippen LogP contribution < -0.4 is 0 Å². The van der Waals surface area contributed by atoms with Gasteiger partial charge in [-0.25, -0.2) is 9.97 Å². The first kappa shape index (κ1) is 9.51. The average molecular weight is 178 g/mol. The van der Waals surface area contributed by atoms with Crippen LogP contribution in [0.5, 0.6) is 0 Å². The van der Waals surface area contributed by atoms with E-state index in [1.807, 2.05) is 42.5 Å². The molecule has 0 N–H and O–H groups in total. The molecular formula is C9H14N4. The molecule has 0 radical (unpaired) electrons. The average Bonchev–Trinajstić information content (AvgIpc) is 2.67. The van der Waals surface area contributed by atoms with Gasteiger partial charge in [-0.3, -0.25) is 0 Å². The van der Waals surface area contributed by atoms with Crippen LogP contribution in [0.25, 0.3) is 0 Å². The van der Waals surface area contributed by atoms with E-state index in [4.69, 9.17) is 0 Å². The van der Waals surface area contributed by atoms with E-state index < -0.39 is 0 Å². The van der Waals surface area contributed by atoms with Gasteiger partial charge in [-0.15, -0.1) is 0 Å². The van der Waals surface area contributed by atoms with Gasteiger partial charge in [-0.1, -0.05) is 0 Å². The molecule has 0 unspecified atom stereocenters. The van der Waals surface area contributed by atoms with Gasteiger partial charge in [0, 0.05) is 38.9 Å². The van der Waals surface area contributed by atoms with Crippen LogP contribution in [-0.4, -0.2) is 19.1 Å². The van der Waals surface area contributed by atoms with Gasteiger partial charge in [-0.2, -0.15) is 0 Å². The van der Waals surface area contributed by atoms with E-state index in [2.05, 4.69) is 9.97 Å². The Morgan fingerprint density at radius 3 is 2.08 bits per heavy atom. The molecule has 13 heavy (non-hydrogen) atoms. The first-order valence-electron chi connectivity index (χ1n) is 4.06. The normalized spacial score (nSPS) is 9.15. The Morgan fingerprint density at radius 2 is 1.92 bits per heavy atom. The third-order valence-corrected chi connectivity index (χ3v) is 1.70. The standard InChI is InChI=1S/C5H8N2.C4H6N2/c1-5-6-3-4-7(5)2;1-6-3-2-5-4-6/h3-4H,1-2H3;2-4H,1H3. The summed E-state index contributed by atoms with van der Waals surface area (Å²) < 4.78 is 3.86. The van der Waals surface area contributed by atoms with E-state index in [9.17, 15) is 0 Å². The highest BCUT2D eigenvalue weighted by Gasteiger charge is 1.83. The van der Waals surface area contributed by atoms with Gasteiger partial charge >= 0.3 is 0 Å². The minimum Gasteiger partial charge on any atom is -0.341 e. The summed E-state index contributed by atoms with van der Waals surface area (Å²) in [5.74, 6) is 1.06. The highest BCUT2D eigenvalue weighted by molar-refractivity contribution is 4.85. The number of imidazole rings is 2. The second kappa shape index (κ2) is 4.45. The van der Waals surface area contributed by atoms with Crippen LogP contribution in [0.2, 0.25) is 0 Å². The fourth-order valence-corrected chi connectivity index (χ4v) is 0.766. The summed E-state index contributed by atoms with van der Waals surface area (Å²) in [6.45, 7) is 1.97. The van der Waals surface area contributed by atoms with Gasteiger partial charge in [0.1, 0.15) is 5.82 Å². The van der Waals surface area contributed by atoms with Crippen LogP contribution in [-0.2, 0) is 14.1 Å². The number of aromatic nitrogens is 4. The van der Waals surface area contributed by atoms with Crippen molar-refractivity contribution in [2.24, 2.45) is 14.1 Å². The van der Waals surface area contributed by atoms with E-state index in [-0.39, 0.29) is 0 Å². The van der Waals surface area contributed by atoms with Crippen molar-refractivity contribution in [3.63, 3.8) is 0 Å². The van der Waals surface area contributed by atoms with E-state index in [1.54, 1.807) is 18.7 Å². The Bertz CT molecular complexity index is 318. The zero-order chi connectivity index (χ0) is 9.68. The molecule has 4 heteroatoms. The Balaban J connectivity index is 0.000000132. The maximum atomic E-state index is 3.98. The largest absolute Gasteiger partial charge is 0.341 e. The fraction of sp³-hybridized carbons (Fsp3) is 0.333. The van der Waals surface area contributed by atoms with Crippen LogP contribution in [0, 0.1) is 6.92 Å². The molecule has 70 valence electrons. The van der Waals surface area contributed by atoms with Crippen LogP contribution in [0.4, 0.5) is 0 Å². The molecule has 0 aromatic carbocycles. The quantitative estimate of drug-likeness (QED) is 0.606. The summed E-state index contributed by atoms with van der Waals surface area (Å²) >= 11 is 0. The lowest BCUT2D eigenvalue weighted by Crippen LogP contribution is -1.86. The molecule has 0 aliphatic carbocycles. The molecule has 2 aromatic heterocycles. The van der Waals surface area contributed by atoms with Gasteiger partial charge in [0.15, 0.2) is 0 Å². The van der Waals surface area contributed by atoms with Crippen molar-refractivity contribution in [2.75, 3.05) is 0 Å². The van der Waals surface area contributed by atoms with E-state index in [0.717, 1.165) is 5.82 Å². The number of aryl methyl sites for hydroxylation is 3. The second-order valence-corrected chi connectivity index (χ2v) is 2.81. The molecule has 0 saturated heterocycles. The summed E-state index contributed by atoms with van der Waals surface area (Å²) in [6, 6.07) is 0. The summed E-state index contributed by atoms with van der Waals surface area (Å²) in [5, 5.41) is 0. The lowest BCUT2D eigenvalue weighted by atomic mass is 10.7. The number of hydrogen-bond acceptors (Lipinski definition) is 2. The van der Waals surface area contributed by atoms with Gasteiger partial charge in [0.2, 0.25) is 0 Å². The van der Waals surface area contributed by atoms with Crippen LogP contribution in [0.1, 0.15) is 5.82 Å². The lowest BCUT2D eigenvalue weighted by molar-refractivity contribution is 0.858. The smallest absolute Gasteiger partial charge is 0.105 e. The van der Waals surface area contributed by atoms with Crippen LogP contribution in [0.3, 0.4) is 0 Å². The summed E-state index contributed by atoms with van der Waals surface area (Å²) in [6.07, 6.45) is 9.10. The number of nitrogens with zero attached hydrogens (tertiary/aromatic N) is 4. The van der Waals surface area contributed by atoms with Gasteiger partial charge in [-0.05, 0) is 6.92 Å². The minimum atomic E-state index is 1.06. The molecule has 0 aliphatic heterocycles. The Hall–Kier alpha value is -1.58. The van der Waals surface area contributed by atoms with E-state index >= 15 is 0 Å². The fourth-order valence-electron chi connectivity index (χ4n) is 0.766. The van der Waals surface area contributed by atoms with Gasteiger partial charge in [0.25, 0.3) is 0 Å². The summed E-state index contributed by atoms with van der Waals surface area (Å²) in [7, 11) is 3.91. The summed E-state index contributed by atoms with van der Waals surface area (Å²) in [5.41, 5.74) is 0. The third-order valence-electron chi connectivity index (χ3n) is 1.70. The zero-order valence-corrected chi connectivity index (χ0v) is 8.18. The van der Waals surface area contributed by atoms with Crippen LogP contribution >= 0.6 is 0 Å². The first-order chi connectivity index (χ1) is 6.20. The first-order valence-corrected chi connectivity index (χ1v) is 4.06. The van der Waals surface area contributed by atoms with Gasteiger partial charge in [0.05, 0.1) is 6.33 Å². The topological polar surface area (TPSA) is 35.6 Å². The Kier molecular flexibility index (Phi) is 3.25. The van der Waals surface area contributed by atoms with Crippen molar-refractivity contribution >= 4 is 0 Å². The highest BCUT2D eigenvalue weighted by atomic mass is 15.0. The summed E-state index contributed by atoms with van der Waals surface area (Å²) in [4.78, 5) is 7.76. The van der Waals surface area contributed by atoms with E-state index in [1.165, 1.54) is 0 Å². The molecule has 2 rings (SSSR count). The highest BCUT2D eigenvalue weighted by Crippen LogP contribution is 1.86. The molecule has 2 heterocycles. The number of rotatable bonds is 0. The molecule has 0 amide bonds. The van der Waals surface area contributed by atoms with Crippen molar-refractivity contribution in [3.8, 4) is 0 Å². The van der Waals surface area contributed by atoms with Gasteiger partial charge < -0.3 is 9.13 Å². The van der Waals surface area contributed by atoms with Crippen molar-refractivity contribution in [2.45, 2.75) is 6.92 Å². The van der Waals surface area contributed by atoms with Crippen molar-refractivity contribution < 1.29 is 0 Å². The molecule has 0 atom stereocenters. The molecular weight excluding hydrogens is 164 g/mol.